The summed E-state index contributed by atoms with van der Waals surface area (Å²) >= 11 is 6.17. The Morgan fingerprint density at radius 1 is 1.11 bits per heavy atom. The summed E-state index contributed by atoms with van der Waals surface area (Å²) in [7, 11) is 0. The number of aromatic nitrogens is 2. The second-order valence-electron chi connectivity index (χ2n) is 11.5. The largest absolute Gasteiger partial charge is 0.490 e. The van der Waals surface area contributed by atoms with Crippen LogP contribution in [0, 0.1) is 12.8 Å². The molecule has 0 bridgehead atoms. The Kier molecular flexibility index (Phi) is 8.96. The van der Waals surface area contributed by atoms with Crippen molar-refractivity contribution in [2.45, 2.75) is 31.8 Å². The Labute approximate surface area is 270 Å². The highest BCUT2D eigenvalue weighted by Gasteiger charge is 2.48. The van der Waals surface area contributed by atoms with E-state index in [1.807, 2.05) is 49.5 Å². The van der Waals surface area contributed by atoms with Crippen molar-refractivity contribution in [3.05, 3.63) is 100 Å². The van der Waals surface area contributed by atoms with Gasteiger partial charge in [0, 0.05) is 34.5 Å². The van der Waals surface area contributed by atoms with Gasteiger partial charge < -0.3 is 25.0 Å². The maximum atomic E-state index is 13.2. The summed E-state index contributed by atoms with van der Waals surface area (Å²) in [6, 6.07) is 16.8. The fraction of sp³-hybridized carbons (Fsp3) is 0.294. The molecule has 2 amide bonds. The Bertz CT molecular complexity index is 1790. The van der Waals surface area contributed by atoms with Gasteiger partial charge in [0.25, 0.3) is 5.91 Å². The molecule has 3 N–H and O–H groups in total. The number of hydrogen-bond acceptors (Lipinski definition) is 7. The lowest BCUT2D eigenvalue weighted by molar-refractivity contribution is -0.140. The summed E-state index contributed by atoms with van der Waals surface area (Å²) in [5.74, 6) is -0.529. The van der Waals surface area contributed by atoms with Gasteiger partial charge in [0.2, 0.25) is 0 Å². The number of aliphatic hydroxyl groups excluding tert-OH is 1. The minimum absolute atomic E-state index is 0.0988. The summed E-state index contributed by atoms with van der Waals surface area (Å²) in [6.45, 7) is 2.45. The quantitative estimate of drug-likeness (QED) is 0.196. The summed E-state index contributed by atoms with van der Waals surface area (Å²) in [6.07, 6.45) is 4.29. The number of anilines is 1. The maximum absolute atomic E-state index is 13.2. The topological polar surface area (TPSA) is 143 Å². The first-order valence-corrected chi connectivity index (χ1v) is 15.3. The number of hydrogen-bond donors (Lipinski definition) is 3. The Balaban J connectivity index is 1.13. The van der Waals surface area contributed by atoms with Crippen molar-refractivity contribution in [3.63, 3.8) is 0 Å². The molecule has 1 aromatic heterocycles. The molecule has 238 valence electrons. The highest BCUT2D eigenvalue weighted by Crippen LogP contribution is 2.57. The van der Waals surface area contributed by atoms with Crippen LogP contribution in [0.15, 0.2) is 73.1 Å². The van der Waals surface area contributed by atoms with E-state index in [-0.39, 0.29) is 18.8 Å². The molecule has 1 unspecified atom stereocenters. The van der Waals surface area contributed by atoms with Crippen LogP contribution < -0.4 is 15.0 Å². The van der Waals surface area contributed by atoms with Crippen molar-refractivity contribution >= 4 is 35.3 Å². The van der Waals surface area contributed by atoms with Crippen LogP contribution in [0.3, 0.4) is 0 Å². The second-order valence-corrected chi connectivity index (χ2v) is 11.9. The maximum Gasteiger partial charge on any atom is 0.414 e. The first kappa shape index (κ1) is 31.1. The summed E-state index contributed by atoms with van der Waals surface area (Å²) in [5.41, 5.74) is 5.76. The lowest BCUT2D eigenvalue weighted by Gasteiger charge is -2.29. The van der Waals surface area contributed by atoms with Gasteiger partial charge in [-0.1, -0.05) is 41.9 Å². The Morgan fingerprint density at radius 3 is 2.72 bits per heavy atom. The molecule has 3 atom stereocenters. The van der Waals surface area contributed by atoms with Crippen LogP contribution in [0.1, 0.15) is 39.4 Å². The molecular formula is C34H33ClN4O7. The average molecular weight is 645 g/mol. The SMILES string of the molecule is Cc1c(Cl)cccc1OCCOC(=O)N1C[C@@H]2C[C@@H]2c2c(-c3cnn(Cc4cccc(C(=O)NC(CO)C(=O)O)c4)c3)cccc21. The number of carbonyl (C=O) groups is 3. The fourth-order valence-electron chi connectivity index (χ4n) is 5.86. The Morgan fingerprint density at radius 2 is 1.91 bits per heavy atom. The molecule has 46 heavy (non-hydrogen) atoms. The monoisotopic (exact) mass is 644 g/mol. The van der Waals surface area contributed by atoms with Gasteiger partial charge in [-0.25, -0.2) is 9.59 Å². The lowest BCUT2D eigenvalue weighted by Crippen LogP contribution is -2.43. The minimum atomic E-state index is -1.39. The van der Waals surface area contributed by atoms with E-state index in [0.29, 0.717) is 35.7 Å². The number of carboxylic acid groups (broad SMARTS) is 1. The van der Waals surface area contributed by atoms with Gasteiger partial charge in [-0.2, -0.15) is 5.10 Å². The fourth-order valence-corrected chi connectivity index (χ4v) is 6.02. The number of aliphatic carboxylic acids is 1. The van der Waals surface area contributed by atoms with E-state index in [1.54, 1.807) is 40.0 Å². The number of carbonyl (C=O) groups excluding carboxylic acids is 2. The van der Waals surface area contributed by atoms with E-state index in [9.17, 15) is 19.5 Å². The van der Waals surface area contributed by atoms with E-state index < -0.39 is 30.6 Å². The highest BCUT2D eigenvalue weighted by atomic mass is 35.5. The molecule has 1 saturated carbocycles. The molecule has 2 heterocycles. The first-order chi connectivity index (χ1) is 22.2. The summed E-state index contributed by atoms with van der Waals surface area (Å²) < 4.78 is 13.2. The third kappa shape index (κ3) is 6.56. The molecule has 1 fully saturated rings. The number of halogens is 1. The molecule has 4 aromatic rings. The zero-order valence-corrected chi connectivity index (χ0v) is 25.8. The highest BCUT2D eigenvalue weighted by molar-refractivity contribution is 6.31. The molecule has 0 radical (unpaired) electrons. The number of nitrogens with one attached hydrogen (secondary N) is 1. The van der Waals surface area contributed by atoms with Crippen molar-refractivity contribution in [1.82, 2.24) is 15.1 Å². The van der Waals surface area contributed by atoms with Gasteiger partial charge in [-0.05, 0) is 72.2 Å². The smallest absolute Gasteiger partial charge is 0.414 e. The number of ether oxygens (including phenoxy) is 2. The molecule has 1 aliphatic heterocycles. The molecule has 0 spiro atoms. The van der Waals surface area contributed by atoms with E-state index in [1.165, 1.54) is 0 Å². The van der Waals surface area contributed by atoms with E-state index >= 15 is 0 Å². The van der Waals surface area contributed by atoms with Gasteiger partial charge in [0.05, 0.1) is 25.0 Å². The first-order valence-electron chi connectivity index (χ1n) is 14.9. The van der Waals surface area contributed by atoms with Crippen molar-refractivity contribution in [2.24, 2.45) is 5.92 Å². The van der Waals surface area contributed by atoms with Crippen molar-refractivity contribution in [1.29, 1.82) is 0 Å². The van der Waals surface area contributed by atoms with Crippen molar-refractivity contribution in [3.8, 4) is 16.9 Å². The van der Waals surface area contributed by atoms with Gasteiger partial charge in [0.1, 0.15) is 19.0 Å². The summed E-state index contributed by atoms with van der Waals surface area (Å²) in [5, 5.41) is 25.8. The van der Waals surface area contributed by atoms with E-state index in [0.717, 1.165) is 39.9 Å². The molecule has 0 saturated heterocycles. The van der Waals surface area contributed by atoms with E-state index in [2.05, 4.69) is 10.4 Å². The second kappa shape index (κ2) is 13.2. The molecule has 6 rings (SSSR count). The molecule has 2 aliphatic rings. The van der Waals surface area contributed by atoms with Crippen LogP contribution in [0.4, 0.5) is 10.5 Å². The average Bonchev–Trinajstić information content (AvgIpc) is 3.70. The zero-order valence-electron chi connectivity index (χ0n) is 25.1. The van der Waals surface area contributed by atoms with Gasteiger partial charge in [0.15, 0.2) is 6.04 Å². The van der Waals surface area contributed by atoms with Gasteiger partial charge in [-0.3, -0.25) is 14.4 Å². The molecule has 3 aromatic carbocycles. The third-order valence-corrected chi connectivity index (χ3v) is 8.76. The van der Waals surface area contributed by atoms with Crippen LogP contribution in [0.25, 0.3) is 11.1 Å². The predicted octanol–water partition coefficient (Wildman–Crippen LogP) is 4.87. The molecule has 1 aliphatic carbocycles. The van der Waals surface area contributed by atoms with Crippen molar-refractivity contribution in [2.75, 3.05) is 31.3 Å². The number of rotatable bonds is 11. The van der Waals surface area contributed by atoms with Crippen LogP contribution in [-0.4, -0.2) is 70.4 Å². The third-order valence-electron chi connectivity index (χ3n) is 8.35. The normalized spacial score (nSPS) is 17.0. The number of benzene rings is 3. The number of nitrogens with zero attached hydrogens (tertiary/aromatic N) is 3. The molecular weight excluding hydrogens is 612 g/mol. The van der Waals surface area contributed by atoms with Gasteiger partial charge in [-0.15, -0.1) is 0 Å². The predicted molar refractivity (Wildman–Crippen MR) is 170 cm³/mol. The van der Waals surface area contributed by atoms with Crippen LogP contribution in [0.5, 0.6) is 5.75 Å². The lowest BCUT2D eigenvalue weighted by atomic mass is 9.93. The van der Waals surface area contributed by atoms with Crippen LogP contribution in [-0.2, 0) is 16.1 Å². The molecule has 11 nitrogen and oxygen atoms in total. The van der Waals surface area contributed by atoms with E-state index in [4.69, 9.17) is 26.2 Å². The standard InChI is InChI=1S/C34H33ClN4O7/c1-20-27(35)8-4-10-30(20)45-11-12-46-34(44)39-18-23-14-26(23)31-25(7-3-9-29(31)39)24-15-36-38(17-24)16-21-5-2-6-22(13-21)32(41)37-28(19-40)33(42)43/h2-10,13,15,17,23,26,28,40H,11-12,14,16,18-19H2,1H3,(H,37,41)(H,42,43)/t23-,26-,28?/m0/s1. The summed E-state index contributed by atoms with van der Waals surface area (Å²) in [4.78, 5) is 38.7. The minimum Gasteiger partial charge on any atom is -0.490 e. The van der Waals surface area contributed by atoms with Crippen LogP contribution >= 0.6 is 11.6 Å². The number of carboxylic acids is 1. The van der Waals surface area contributed by atoms with Gasteiger partial charge >= 0.3 is 12.1 Å². The number of amides is 2. The van der Waals surface area contributed by atoms with Crippen LogP contribution in [0.2, 0.25) is 5.02 Å². The number of fused-ring (bicyclic) bond motifs is 3. The number of aliphatic hydroxyl groups is 1. The van der Waals surface area contributed by atoms with Crippen molar-refractivity contribution < 1.29 is 34.1 Å². The molecule has 12 heteroatoms. The Hall–Kier alpha value is -4.87. The zero-order chi connectivity index (χ0) is 32.4.